The number of benzene rings is 2. The number of anilines is 1. The van der Waals surface area contributed by atoms with Gasteiger partial charge in [0.2, 0.25) is 0 Å². The number of hydrogen-bond donors (Lipinski definition) is 0. The first kappa shape index (κ1) is 15.3. The molecule has 1 aliphatic rings. The number of carbonyl (C=O) groups is 2. The van der Waals surface area contributed by atoms with Crippen LogP contribution in [0.1, 0.15) is 29.3 Å². The highest BCUT2D eigenvalue weighted by Gasteiger charge is 2.22. The fraction of sp³-hybridized carbons (Fsp3) is 0.263. The van der Waals surface area contributed by atoms with Crippen molar-refractivity contribution in [1.29, 1.82) is 0 Å². The molecule has 23 heavy (non-hydrogen) atoms. The van der Waals surface area contributed by atoms with Crippen molar-refractivity contribution < 1.29 is 14.3 Å². The van der Waals surface area contributed by atoms with Crippen molar-refractivity contribution in [2.45, 2.75) is 19.8 Å². The van der Waals surface area contributed by atoms with Crippen molar-refractivity contribution in [3.8, 4) is 5.75 Å². The molecule has 0 spiro atoms. The van der Waals surface area contributed by atoms with Gasteiger partial charge in [0.15, 0.2) is 12.4 Å². The zero-order valence-corrected chi connectivity index (χ0v) is 13.1. The molecule has 0 saturated heterocycles. The van der Waals surface area contributed by atoms with E-state index in [1.54, 1.807) is 29.2 Å². The van der Waals surface area contributed by atoms with Crippen molar-refractivity contribution in [2.75, 3.05) is 18.1 Å². The van der Waals surface area contributed by atoms with Crippen LogP contribution in [0, 0.1) is 0 Å². The van der Waals surface area contributed by atoms with Gasteiger partial charge < -0.3 is 9.64 Å². The highest BCUT2D eigenvalue weighted by molar-refractivity contribution is 5.96. The Morgan fingerprint density at radius 1 is 1.09 bits per heavy atom. The molecule has 2 aromatic rings. The maximum absolute atomic E-state index is 12.5. The Hall–Kier alpha value is -2.62. The molecule has 0 atom stereocenters. The molecular formula is C19H19NO3. The van der Waals surface area contributed by atoms with Gasteiger partial charge in [-0.15, -0.1) is 0 Å². The molecule has 2 aromatic carbocycles. The Labute approximate surface area is 135 Å². The van der Waals surface area contributed by atoms with Crippen LogP contribution in [0.25, 0.3) is 0 Å². The zero-order chi connectivity index (χ0) is 16.2. The van der Waals surface area contributed by atoms with Crippen LogP contribution in [0.5, 0.6) is 5.75 Å². The number of ether oxygens (including phenoxy) is 1. The molecule has 0 unspecified atom stereocenters. The van der Waals surface area contributed by atoms with E-state index < -0.39 is 0 Å². The lowest BCUT2D eigenvalue weighted by Crippen LogP contribution is -2.38. The second kappa shape index (κ2) is 6.65. The predicted molar refractivity (Wildman–Crippen MR) is 89.1 cm³/mol. The molecule has 3 rings (SSSR count). The minimum atomic E-state index is -0.0483. The largest absolute Gasteiger partial charge is 0.484 e. The molecule has 4 heteroatoms. The second-order valence-corrected chi connectivity index (χ2v) is 5.65. The minimum absolute atomic E-state index is 0.00620. The average molecular weight is 309 g/mol. The Kier molecular flexibility index (Phi) is 4.42. The van der Waals surface area contributed by atoms with Gasteiger partial charge in [-0.25, -0.2) is 0 Å². The summed E-state index contributed by atoms with van der Waals surface area (Å²) in [6.45, 7) is 2.24. The van der Waals surface area contributed by atoms with Gasteiger partial charge in [-0.05, 0) is 55.7 Å². The van der Waals surface area contributed by atoms with Crippen molar-refractivity contribution >= 4 is 17.4 Å². The molecule has 1 heterocycles. The predicted octanol–water partition coefficient (Wildman–Crippen LogP) is 3.25. The van der Waals surface area contributed by atoms with Crippen LogP contribution in [-0.4, -0.2) is 24.8 Å². The summed E-state index contributed by atoms with van der Waals surface area (Å²) in [4.78, 5) is 25.5. The van der Waals surface area contributed by atoms with Gasteiger partial charge in [0.25, 0.3) is 5.91 Å². The topological polar surface area (TPSA) is 46.6 Å². The summed E-state index contributed by atoms with van der Waals surface area (Å²) < 4.78 is 5.57. The van der Waals surface area contributed by atoms with Crippen LogP contribution in [0.2, 0.25) is 0 Å². The Morgan fingerprint density at radius 3 is 2.57 bits per heavy atom. The van der Waals surface area contributed by atoms with E-state index in [2.05, 4.69) is 6.07 Å². The quantitative estimate of drug-likeness (QED) is 0.815. The molecule has 0 saturated carbocycles. The van der Waals surface area contributed by atoms with E-state index in [0.717, 1.165) is 25.1 Å². The zero-order valence-electron chi connectivity index (χ0n) is 13.1. The van der Waals surface area contributed by atoms with Crippen LogP contribution in [-0.2, 0) is 11.2 Å². The van der Waals surface area contributed by atoms with E-state index in [4.69, 9.17) is 4.74 Å². The van der Waals surface area contributed by atoms with Gasteiger partial charge in [0.1, 0.15) is 5.75 Å². The molecule has 4 nitrogen and oxygen atoms in total. The van der Waals surface area contributed by atoms with E-state index in [1.807, 2.05) is 18.2 Å². The van der Waals surface area contributed by atoms with E-state index in [1.165, 1.54) is 12.5 Å². The highest BCUT2D eigenvalue weighted by atomic mass is 16.5. The molecule has 0 aliphatic carbocycles. The standard InChI is InChI=1S/C19H19NO3/c1-14(21)15-8-10-17(11-9-15)23-13-19(22)20-12-4-6-16-5-2-3-7-18(16)20/h2-3,5,7-11H,4,6,12-13H2,1H3. The summed E-state index contributed by atoms with van der Waals surface area (Å²) in [7, 11) is 0. The number of ketones is 1. The highest BCUT2D eigenvalue weighted by Crippen LogP contribution is 2.26. The van der Waals surface area contributed by atoms with Crippen molar-refractivity contribution in [2.24, 2.45) is 0 Å². The monoisotopic (exact) mass is 309 g/mol. The number of rotatable bonds is 4. The number of amides is 1. The van der Waals surface area contributed by atoms with Gasteiger partial charge in [-0.3, -0.25) is 9.59 Å². The fourth-order valence-corrected chi connectivity index (χ4v) is 2.80. The maximum Gasteiger partial charge on any atom is 0.264 e. The normalized spacial score (nSPS) is 13.3. The lowest BCUT2D eigenvalue weighted by atomic mass is 10.0. The van der Waals surface area contributed by atoms with E-state index in [9.17, 15) is 9.59 Å². The number of carbonyl (C=O) groups excluding carboxylic acids is 2. The molecule has 0 bridgehead atoms. The lowest BCUT2D eigenvalue weighted by Gasteiger charge is -2.29. The smallest absolute Gasteiger partial charge is 0.264 e. The van der Waals surface area contributed by atoms with Crippen LogP contribution < -0.4 is 9.64 Å². The lowest BCUT2D eigenvalue weighted by molar-refractivity contribution is -0.120. The van der Waals surface area contributed by atoms with Gasteiger partial charge in [0, 0.05) is 17.8 Å². The van der Waals surface area contributed by atoms with E-state index in [0.29, 0.717) is 11.3 Å². The Bertz CT molecular complexity index is 722. The van der Waals surface area contributed by atoms with E-state index >= 15 is 0 Å². The molecule has 0 N–H and O–H groups in total. The molecule has 0 aromatic heterocycles. The number of nitrogens with zero attached hydrogens (tertiary/aromatic N) is 1. The number of para-hydroxylation sites is 1. The van der Waals surface area contributed by atoms with E-state index in [-0.39, 0.29) is 18.3 Å². The van der Waals surface area contributed by atoms with Gasteiger partial charge >= 0.3 is 0 Å². The molecule has 1 aliphatic heterocycles. The molecule has 0 radical (unpaired) electrons. The number of fused-ring (bicyclic) bond motifs is 1. The van der Waals surface area contributed by atoms with Gasteiger partial charge in [-0.2, -0.15) is 0 Å². The third-order valence-electron chi connectivity index (χ3n) is 4.03. The van der Waals surface area contributed by atoms with Crippen molar-refractivity contribution in [1.82, 2.24) is 0 Å². The first-order valence-electron chi connectivity index (χ1n) is 7.77. The second-order valence-electron chi connectivity index (χ2n) is 5.65. The summed E-state index contributed by atoms with van der Waals surface area (Å²) in [6.07, 6.45) is 1.98. The summed E-state index contributed by atoms with van der Waals surface area (Å²) in [5.41, 5.74) is 2.82. The van der Waals surface area contributed by atoms with Crippen molar-refractivity contribution in [3.63, 3.8) is 0 Å². The summed E-state index contributed by atoms with van der Waals surface area (Å²) in [5.74, 6) is 0.555. The fourth-order valence-electron chi connectivity index (χ4n) is 2.80. The Balaban J connectivity index is 1.65. The third-order valence-corrected chi connectivity index (χ3v) is 4.03. The third kappa shape index (κ3) is 3.42. The summed E-state index contributed by atoms with van der Waals surface area (Å²) in [6, 6.07) is 14.8. The van der Waals surface area contributed by atoms with Crippen LogP contribution in [0.4, 0.5) is 5.69 Å². The summed E-state index contributed by atoms with van der Waals surface area (Å²) >= 11 is 0. The molecule has 0 fully saturated rings. The van der Waals surface area contributed by atoms with Crippen LogP contribution in [0.3, 0.4) is 0 Å². The number of aryl methyl sites for hydroxylation is 1. The van der Waals surface area contributed by atoms with Crippen LogP contribution >= 0.6 is 0 Å². The average Bonchev–Trinajstić information content (AvgIpc) is 2.59. The first-order chi connectivity index (χ1) is 11.1. The summed E-state index contributed by atoms with van der Waals surface area (Å²) in [5, 5.41) is 0. The number of hydrogen-bond acceptors (Lipinski definition) is 3. The SMILES string of the molecule is CC(=O)c1ccc(OCC(=O)N2CCCc3ccccc32)cc1. The van der Waals surface area contributed by atoms with Gasteiger partial charge in [0.05, 0.1) is 0 Å². The molecule has 1 amide bonds. The molecular weight excluding hydrogens is 290 g/mol. The van der Waals surface area contributed by atoms with Gasteiger partial charge in [-0.1, -0.05) is 18.2 Å². The first-order valence-corrected chi connectivity index (χ1v) is 7.77. The van der Waals surface area contributed by atoms with Crippen LogP contribution in [0.15, 0.2) is 48.5 Å². The maximum atomic E-state index is 12.5. The Morgan fingerprint density at radius 2 is 1.83 bits per heavy atom. The van der Waals surface area contributed by atoms with Crippen molar-refractivity contribution in [3.05, 3.63) is 59.7 Å². The number of Topliss-reactive ketones (excluding diaryl/α,β-unsaturated/α-hetero) is 1. The molecule has 118 valence electrons. The minimum Gasteiger partial charge on any atom is -0.484 e.